The predicted molar refractivity (Wildman–Crippen MR) is 66.1 cm³/mol. The Morgan fingerprint density at radius 1 is 0.733 bits per heavy atom. The lowest BCUT2D eigenvalue weighted by molar-refractivity contribution is 1.34. The Hall–Kier alpha value is -1.56. The third-order valence-electron chi connectivity index (χ3n) is 2.97. The first-order valence-corrected chi connectivity index (χ1v) is 5.32. The second-order valence-corrected chi connectivity index (χ2v) is 4.11. The monoisotopic (exact) mass is 196 g/mol. The minimum atomic E-state index is 1.31. The van der Waals surface area contributed by atoms with E-state index in [0.717, 1.165) is 0 Å². The van der Waals surface area contributed by atoms with Crippen LogP contribution in [0.3, 0.4) is 0 Å². The van der Waals surface area contributed by atoms with Crippen LogP contribution >= 0.6 is 0 Å². The van der Waals surface area contributed by atoms with Gasteiger partial charge in [0.15, 0.2) is 0 Å². The third-order valence-corrected chi connectivity index (χ3v) is 2.97. The highest BCUT2D eigenvalue weighted by Gasteiger charge is 2.02. The summed E-state index contributed by atoms with van der Waals surface area (Å²) >= 11 is 0. The summed E-state index contributed by atoms with van der Waals surface area (Å²) in [4.78, 5) is 0. The molecule has 0 amide bonds. The van der Waals surface area contributed by atoms with Gasteiger partial charge in [0.05, 0.1) is 0 Å². The van der Waals surface area contributed by atoms with Crippen molar-refractivity contribution in [3.8, 4) is 11.1 Å². The van der Waals surface area contributed by atoms with Crippen molar-refractivity contribution in [3.63, 3.8) is 0 Å². The lowest BCUT2D eigenvalue weighted by atomic mass is 9.97. The number of hydrogen-bond acceptors (Lipinski definition) is 0. The standard InChI is InChI=1S/C15H16/c1-11-7-9-14(10-8-11)15-6-4-5-12(2)13(15)3/h4-10H,1-3H3. The topological polar surface area (TPSA) is 0 Å². The zero-order valence-electron chi connectivity index (χ0n) is 9.54. The molecule has 0 radical (unpaired) electrons. The average molecular weight is 196 g/mol. The van der Waals surface area contributed by atoms with Crippen LogP contribution in [0.1, 0.15) is 16.7 Å². The first-order valence-electron chi connectivity index (χ1n) is 5.32. The van der Waals surface area contributed by atoms with Crippen LogP contribution in [0.2, 0.25) is 0 Å². The van der Waals surface area contributed by atoms with Crippen LogP contribution < -0.4 is 0 Å². The summed E-state index contributed by atoms with van der Waals surface area (Å²) in [7, 11) is 0. The summed E-state index contributed by atoms with van der Waals surface area (Å²) in [5.41, 5.74) is 6.69. The van der Waals surface area contributed by atoms with Crippen molar-refractivity contribution in [1.82, 2.24) is 0 Å². The second kappa shape index (κ2) is 3.90. The number of aryl methyl sites for hydroxylation is 2. The van der Waals surface area contributed by atoms with E-state index in [1.54, 1.807) is 0 Å². The van der Waals surface area contributed by atoms with Crippen molar-refractivity contribution in [2.75, 3.05) is 0 Å². The van der Waals surface area contributed by atoms with E-state index in [1.165, 1.54) is 27.8 Å². The first kappa shape index (κ1) is 9.97. The first-order chi connectivity index (χ1) is 7.18. The highest BCUT2D eigenvalue weighted by molar-refractivity contribution is 5.68. The maximum absolute atomic E-state index is 2.19. The van der Waals surface area contributed by atoms with E-state index in [4.69, 9.17) is 0 Å². The molecule has 2 aromatic carbocycles. The molecule has 0 N–H and O–H groups in total. The lowest BCUT2D eigenvalue weighted by Crippen LogP contribution is -1.86. The van der Waals surface area contributed by atoms with Crippen LogP contribution in [0.15, 0.2) is 42.5 Å². The van der Waals surface area contributed by atoms with Crippen LogP contribution in [0.25, 0.3) is 11.1 Å². The molecule has 0 aliphatic rings. The molecule has 0 nitrogen and oxygen atoms in total. The van der Waals surface area contributed by atoms with Crippen LogP contribution in [0.4, 0.5) is 0 Å². The molecule has 0 aromatic heterocycles. The fourth-order valence-electron chi connectivity index (χ4n) is 1.80. The van der Waals surface area contributed by atoms with E-state index in [1.807, 2.05) is 0 Å². The molecule has 0 aliphatic heterocycles. The SMILES string of the molecule is Cc1ccc(-c2cccc(C)c2C)cc1. The molecule has 0 bridgehead atoms. The summed E-state index contributed by atoms with van der Waals surface area (Å²) in [6.45, 7) is 6.46. The molecular weight excluding hydrogens is 180 g/mol. The van der Waals surface area contributed by atoms with E-state index in [2.05, 4.69) is 63.2 Å². The average Bonchev–Trinajstić information content (AvgIpc) is 2.24. The van der Waals surface area contributed by atoms with Crippen molar-refractivity contribution in [3.05, 3.63) is 59.2 Å². The highest BCUT2D eigenvalue weighted by Crippen LogP contribution is 2.25. The fourth-order valence-corrected chi connectivity index (χ4v) is 1.80. The van der Waals surface area contributed by atoms with Crippen molar-refractivity contribution in [1.29, 1.82) is 0 Å². The Bertz CT molecular complexity index is 464. The smallest absolute Gasteiger partial charge is 0.0152 e. The minimum Gasteiger partial charge on any atom is -0.0614 e. The van der Waals surface area contributed by atoms with E-state index >= 15 is 0 Å². The molecule has 0 saturated carbocycles. The Morgan fingerprint density at radius 3 is 2.07 bits per heavy atom. The molecule has 0 unspecified atom stereocenters. The van der Waals surface area contributed by atoms with Crippen molar-refractivity contribution >= 4 is 0 Å². The van der Waals surface area contributed by atoms with Gasteiger partial charge in [-0.1, -0.05) is 48.0 Å². The molecule has 0 saturated heterocycles. The molecule has 0 aliphatic carbocycles. The Balaban J connectivity index is 2.54. The lowest BCUT2D eigenvalue weighted by Gasteiger charge is -2.08. The summed E-state index contributed by atoms with van der Waals surface area (Å²) in [5.74, 6) is 0. The van der Waals surface area contributed by atoms with Gasteiger partial charge in [-0.15, -0.1) is 0 Å². The van der Waals surface area contributed by atoms with Gasteiger partial charge >= 0.3 is 0 Å². The van der Waals surface area contributed by atoms with Gasteiger partial charge < -0.3 is 0 Å². The summed E-state index contributed by atoms with van der Waals surface area (Å²) in [6, 6.07) is 15.2. The molecule has 0 spiro atoms. The molecule has 0 atom stereocenters. The molecule has 15 heavy (non-hydrogen) atoms. The molecule has 0 heteroatoms. The Morgan fingerprint density at radius 2 is 1.40 bits per heavy atom. The zero-order chi connectivity index (χ0) is 10.8. The van der Waals surface area contributed by atoms with Gasteiger partial charge in [0.1, 0.15) is 0 Å². The molecular formula is C15H16. The highest BCUT2D eigenvalue weighted by atomic mass is 14.1. The summed E-state index contributed by atoms with van der Waals surface area (Å²) < 4.78 is 0. The van der Waals surface area contributed by atoms with Gasteiger partial charge in [0.2, 0.25) is 0 Å². The second-order valence-electron chi connectivity index (χ2n) is 4.11. The van der Waals surface area contributed by atoms with Gasteiger partial charge in [-0.3, -0.25) is 0 Å². The predicted octanol–water partition coefficient (Wildman–Crippen LogP) is 4.28. The quantitative estimate of drug-likeness (QED) is 0.638. The van der Waals surface area contributed by atoms with Crippen molar-refractivity contribution < 1.29 is 0 Å². The van der Waals surface area contributed by atoms with Crippen LogP contribution in [0.5, 0.6) is 0 Å². The van der Waals surface area contributed by atoms with E-state index < -0.39 is 0 Å². The molecule has 0 heterocycles. The van der Waals surface area contributed by atoms with E-state index in [-0.39, 0.29) is 0 Å². The van der Waals surface area contributed by atoms with Crippen molar-refractivity contribution in [2.24, 2.45) is 0 Å². The van der Waals surface area contributed by atoms with Crippen LogP contribution in [-0.2, 0) is 0 Å². The molecule has 2 aromatic rings. The van der Waals surface area contributed by atoms with Gasteiger partial charge in [0, 0.05) is 0 Å². The summed E-state index contributed by atoms with van der Waals surface area (Å²) in [5, 5.41) is 0. The van der Waals surface area contributed by atoms with Gasteiger partial charge in [0.25, 0.3) is 0 Å². The van der Waals surface area contributed by atoms with Crippen LogP contribution in [0, 0.1) is 20.8 Å². The number of rotatable bonds is 1. The van der Waals surface area contributed by atoms with E-state index in [9.17, 15) is 0 Å². The Kier molecular flexibility index (Phi) is 2.59. The van der Waals surface area contributed by atoms with Gasteiger partial charge in [-0.2, -0.15) is 0 Å². The van der Waals surface area contributed by atoms with Crippen molar-refractivity contribution in [2.45, 2.75) is 20.8 Å². The maximum atomic E-state index is 2.19. The zero-order valence-corrected chi connectivity index (χ0v) is 9.54. The molecule has 2 rings (SSSR count). The maximum Gasteiger partial charge on any atom is -0.0152 e. The summed E-state index contributed by atoms with van der Waals surface area (Å²) in [6.07, 6.45) is 0. The minimum absolute atomic E-state index is 1.31. The van der Waals surface area contributed by atoms with E-state index in [0.29, 0.717) is 0 Å². The normalized spacial score (nSPS) is 10.3. The fraction of sp³-hybridized carbons (Fsp3) is 0.200. The largest absolute Gasteiger partial charge is 0.0614 e. The molecule has 76 valence electrons. The molecule has 0 fully saturated rings. The van der Waals surface area contributed by atoms with Gasteiger partial charge in [-0.05, 0) is 43.0 Å². The van der Waals surface area contributed by atoms with Gasteiger partial charge in [-0.25, -0.2) is 0 Å². The number of hydrogen-bond donors (Lipinski definition) is 0. The third kappa shape index (κ3) is 1.94. The Labute approximate surface area is 91.6 Å². The van der Waals surface area contributed by atoms with Crippen LogP contribution in [-0.4, -0.2) is 0 Å². The number of benzene rings is 2.